The second-order valence-corrected chi connectivity index (χ2v) is 5.23. The van der Waals surface area contributed by atoms with Gasteiger partial charge in [0, 0.05) is 0 Å². The van der Waals surface area contributed by atoms with Gasteiger partial charge in [0.25, 0.3) is 0 Å². The molecule has 0 atom stereocenters. The fraction of sp³-hybridized carbons (Fsp3) is 0.300. The lowest BCUT2D eigenvalue weighted by Gasteiger charge is -2.13. The molecule has 1 aromatic rings. The number of aliphatic hydroxyl groups excluding tert-OH is 2. The third-order valence-corrected chi connectivity index (χ3v) is 3.71. The Morgan fingerprint density at radius 2 is 1.67 bits per heavy atom. The van der Waals surface area contributed by atoms with Gasteiger partial charge in [0.15, 0.2) is 0 Å². The Hall–Kier alpha value is -1.48. The minimum absolute atomic E-state index is 0.0326. The standard InChI is InChI=1S/C10H13NO6S/c12-5-8(6-13)11-18(16,17)9-3-1-7(2-4-9)10(14)15/h1-4,8,11-13H,5-6H2,(H,14,15). The SMILES string of the molecule is O=C(O)c1ccc(S(=O)(=O)NC(CO)CO)cc1. The van der Waals surface area contributed by atoms with Gasteiger partial charge >= 0.3 is 5.97 Å². The predicted octanol–water partition coefficient (Wildman–Crippen LogP) is -0.984. The molecule has 0 aliphatic carbocycles. The molecule has 0 amide bonds. The number of nitrogens with one attached hydrogen (secondary N) is 1. The number of aromatic carboxylic acids is 1. The molecule has 0 bridgehead atoms. The Morgan fingerprint density at radius 1 is 1.17 bits per heavy atom. The van der Waals surface area contributed by atoms with Gasteiger partial charge in [-0.2, -0.15) is 0 Å². The molecule has 0 saturated carbocycles. The number of hydrogen-bond acceptors (Lipinski definition) is 5. The van der Waals surface area contributed by atoms with Crippen molar-refractivity contribution in [3.63, 3.8) is 0 Å². The van der Waals surface area contributed by atoms with Crippen LogP contribution >= 0.6 is 0 Å². The number of benzene rings is 1. The molecule has 1 aromatic carbocycles. The maximum absolute atomic E-state index is 11.8. The third-order valence-electron chi connectivity index (χ3n) is 2.17. The summed E-state index contributed by atoms with van der Waals surface area (Å²) in [6, 6.07) is 3.59. The lowest BCUT2D eigenvalue weighted by Crippen LogP contribution is -2.39. The van der Waals surface area contributed by atoms with E-state index >= 15 is 0 Å². The number of sulfonamides is 1. The Morgan fingerprint density at radius 3 is 2.06 bits per heavy atom. The van der Waals surface area contributed by atoms with Crippen molar-refractivity contribution in [2.75, 3.05) is 13.2 Å². The van der Waals surface area contributed by atoms with Gasteiger partial charge in [0.2, 0.25) is 10.0 Å². The van der Waals surface area contributed by atoms with Crippen LogP contribution in [0.5, 0.6) is 0 Å². The summed E-state index contributed by atoms with van der Waals surface area (Å²) in [4.78, 5) is 10.5. The van der Waals surface area contributed by atoms with E-state index in [2.05, 4.69) is 4.72 Å². The summed E-state index contributed by atoms with van der Waals surface area (Å²) >= 11 is 0. The fourth-order valence-electron chi connectivity index (χ4n) is 1.20. The van der Waals surface area contributed by atoms with Crippen molar-refractivity contribution in [3.8, 4) is 0 Å². The number of hydrogen-bond donors (Lipinski definition) is 4. The number of rotatable bonds is 6. The van der Waals surface area contributed by atoms with Crippen LogP contribution in [0.2, 0.25) is 0 Å². The molecule has 0 spiro atoms. The van der Waals surface area contributed by atoms with Crippen LogP contribution < -0.4 is 4.72 Å². The van der Waals surface area contributed by atoms with Gasteiger partial charge in [0.1, 0.15) is 0 Å². The minimum Gasteiger partial charge on any atom is -0.478 e. The summed E-state index contributed by atoms with van der Waals surface area (Å²) in [5.74, 6) is -1.16. The number of carboxylic acids is 1. The normalized spacial score (nSPS) is 11.7. The minimum atomic E-state index is -3.89. The van der Waals surface area contributed by atoms with E-state index in [1.807, 2.05) is 0 Å². The van der Waals surface area contributed by atoms with E-state index in [1.165, 1.54) is 0 Å². The van der Waals surface area contributed by atoms with Crippen LogP contribution in [-0.2, 0) is 10.0 Å². The Labute approximate surface area is 104 Å². The lowest BCUT2D eigenvalue weighted by molar-refractivity contribution is 0.0696. The van der Waals surface area contributed by atoms with Crippen molar-refractivity contribution >= 4 is 16.0 Å². The maximum atomic E-state index is 11.8. The molecule has 0 unspecified atom stereocenters. The van der Waals surface area contributed by atoms with Crippen LogP contribution in [0.4, 0.5) is 0 Å². The first-order valence-corrected chi connectivity index (χ1v) is 6.46. The Kier molecular flexibility index (Phi) is 4.79. The molecule has 8 heteroatoms. The Bertz CT molecular complexity index is 506. The van der Waals surface area contributed by atoms with Crippen LogP contribution in [0, 0.1) is 0 Å². The topological polar surface area (TPSA) is 124 Å². The third kappa shape index (κ3) is 3.50. The van der Waals surface area contributed by atoms with Gasteiger partial charge in [-0.1, -0.05) is 0 Å². The first-order chi connectivity index (χ1) is 8.40. The van der Waals surface area contributed by atoms with Gasteiger partial charge in [-0.05, 0) is 24.3 Å². The maximum Gasteiger partial charge on any atom is 0.335 e. The van der Waals surface area contributed by atoms with Gasteiger partial charge in [0.05, 0.1) is 29.7 Å². The van der Waals surface area contributed by atoms with Gasteiger partial charge in [-0.25, -0.2) is 17.9 Å². The fourth-order valence-corrected chi connectivity index (χ4v) is 2.41. The van der Waals surface area contributed by atoms with E-state index in [-0.39, 0.29) is 10.5 Å². The molecule has 0 aliphatic rings. The molecule has 1 rings (SSSR count). The van der Waals surface area contributed by atoms with E-state index in [0.29, 0.717) is 0 Å². The largest absolute Gasteiger partial charge is 0.478 e. The highest BCUT2D eigenvalue weighted by atomic mass is 32.2. The van der Waals surface area contributed by atoms with Crippen LogP contribution in [0.25, 0.3) is 0 Å². The molecule has 0 fully saturated rings. The monoisotopic (exact) mass is 275 g/mol. The number of carboxylic acid groups (broad SMARTS) is 1. The van der Waals surface area contributed by atoms with Gasteiger partial charge in [-0.15, -0.1) is 0 Å². The molecule has 0 radical (unpaired) electrons. The first-order valence-electron chi connectivity index (χ1n) is 4.98. The molecule has 0 aromatic heterocycles. The average molecular weight is 275 g/mol. The molecule has 0 aliphatic heterocycles. The van der Waals surface area contributed by atoms with Crippen LogP contribution in [0.15, 0.2) is 29.2 Å². The molecule has 18 heavy (non-hydrogen) atoms. The summed E-state index contributed by atoms with van der Waals surface area (Å²) in [6.07, 6.45) is 0. The van der Waals surface area contributed by atoms with E-state index in [4.69, 9.17) is 15.3 Å². The molecule has 4 N–H and O–H groups in total. The molecule has 7 nitrogen and oxygen atoms in total. The predicted molar refractivity (Wildman–Crippen MR) is 61.7 cm³/mol. The van der Waals surface area contributed by atoms with Crippen molar-refractivity contribution in [1.82, 2.24) is 4.72 Å². The van der Waals surface area contributed by atoms with Gasteiger partial charge in [-0.3, -0.25) is 0 Å². The first kappa shape index (κ1) is 14.6. The highest BCUT2D eigenvalue weighted by Crippen LogP contribution is 2.11. The summed E-state index contributed by atoms with van der Waals surface area (Å²) in [6.45, 7) is -1.08. The second-order valence-electron chi connectivity index (χ2n) is 3.51. The highest BCUT2D eigenvalue weighted by molar-refractivity contribution is 7.89. The van der Waals surface area contributed by atoms with Crippen molar-refractivity contribution in [1.29, 1.82) is 0 Å². The van der Waals surface area contributed by atoms with Crippen molar-refractivity contribution in [2.24, 2.45) is 0 Å². The van der Waals surface area contributed by atoms with Crippen LogP contribution in [0.3, 0.4) is 0 Å². The van der Waals surface area contributed by atoms with Gasteiger partial charge < -0.3 is 15.3 Å². The average Bonchev–Trinajstić information content (AvgIpc) is 2.36. The van der Waals surface area contributed by atoms with E-state index in [1.54, 1.807) is 0 Å². The quantitative estimate of drug-likeness (QED) is 0.529. The van der Waals surface area contributed by atoms with Crippen LogP contribution in [0.1, 0.15) is 10.4 Å². The summed E-state index contributed by atoms with van der Waals surface area (Å²) in [7, 11) is -3.89. The second kappa shape index (κ2) is 5.91. The number of carbonyl (C=O) groups is 1. The molecular weight excluding hydrogens is 262 g/mol. The van der Waals surface area contributed by atoms with Crippen molar-refractivity contribution in [3.05, 3.63) is 29.8 Å². The van der Waals surface area contributed by atoms with Crippen LogP contribution in [-0.4, -0.2) is 49.0 Å². The Balaban J connectivity index is 2.95. The molecule has 0 saturated heterocycles. The molecular formula is C10H13NO6S. The van der Waals surface area contributed by atoms with Crippen molar-refractivity contribution in [2.45, 2.75) is 10.9 Å². The van der Waals surface area contributed by atoms with E-state index in [9.17, 15) is 13.2 Å². The smallest absolute Gasteiger partial charge is 0.335 e. The van der Waals surface area contributed by atoms with E-state index < -0.39 is 35.2 Å². The zero-order chi connectivity index (χ0) is 13.8. The highest BCUT2D eigenvalue weighted by Gasteiger charge is 2.19. The number of aliphatic hydroxyl groups is 2. The van der Waals surface area contributed by atoms with Crippen molar-refractivity contribution < 1.29 is 28.5 Å². The summed E-state index contributed by atoms with van der Waals surface area (Å²) < 4.78 is 25.6. The molecule has 100 valence electrons. The molecule has 0 heterocycles. The lowest BCUT2D eigenvalue weighted by atomic mass is 10.2. The zero-order valence-electron chi connectivity index (χ0n) is 9.28. The zero-order valence-corrected chi connectivity index (χ0v) is 10.1. The summed E-state index contributed by atoms with van der Waals surface area (Å²) in [5, 5.41) is 26.2. The van der Waals surface area contributed by atoms with E-state index in [0.717, 1.165) is 24.3 Å². The summed E-state index contributed by atoms with van der Waals surface area (Å²) in [5.41, 5.74) is -0.0326.